The van der Waals surface area contributed by atoms with Crippen molar-refractivity contribution in [2.24, 2.45) is 11.8 Å². The van der Waals surface area contributed by atoms with Crippen LogP contribution in [-0.2, 0) is 19.8 Å². The number of carbonyl (C=O) groups is 3. The summed E-state index contributed by atoms with van der Waals surface area (Å²) in [6.45, 7) is 0. The van der Waals surface area contributed by atoms with Crippen molar-refractivity contribution in [2.75, 3.05) is 4.90 Å². The highest BCUT2D eigenvalue weighted by atomic mass is 19.1. The predicted octanol–water partition coefficient (Wildman–Crippen LogP) is 3.46. The van der Waals surface area contributed by atoms with E-state index >= 15 is 0 Å². The summed E-state index contributed by atoms with van der Waals surface area (Å²) in [6.07, 6.45) is 0. The first-order valence-corrected chi connectivity index (χ1v) is 10.0. The summed E-state index contributed by atoms with van der Waals surface area (Å²) in [4.78, 5) is 41.4. The van der Waals surface area contributed by atoms with E-state index in [1.165, 1.54) is 24.3 Å². The van der Waals surface area contributed by atoms with Crippen molar-refractivity contribution in [3.05, 3.63) is 101 Å². The molecule has 152 valence electrons. The zero-order valence-corrected chi connectivity index (χ0v) is 16.2. The zero-order chi connectivity index (χ0) is 21.5. The summed E-state index contributed by atoms with van der Waals surface area (Å²) in [5.41, 5.74) is 1.26. The molecule has 6 heteroatoms. The van der Waals surface area contributed by atoms with E-state index in [4.69, 9.17) is 0 Å². The molecule has 1 N–H and O–H groups in total. The molecule has 2 amide bonds. The van der Waals surface area contributed by atoms with E-state index in [0.29, 0.717) is 11.1 Å². The Labute approximate surface area is 176 Å². The molecule has 5 nitrogen and oxygen atoms in total. The molecule has 0 unspecified atom stereocenters. The lowest BCUT2D eigenvalue weighted by Crippen LogP contribution is -2.57. The summed E-state index contributed by atoms with van der Waals surface area (Å²) in [6, 6.07) is 19.5. The summed E-state index contributed by atoms with van der Waals surface area (Å²) in [7, 11) is 0. The topological polar surface area (TPSA) is 74.7 Å². The Hall–Kier alpha value is -3.80. The van der Waals surface area contributed by atoms with Crippen LogP contribution in [0.15, 0.2) is 72.8 Å². The Morgan fingerprint density at radius 3 is 1.94 bits per heavy atom. The van der Waals surface area contributed by atoms with Crippen LogP contribution in [0.2, 0.25) is 0 Å². The summed E-state index contributed by atoms with van der Waals surface area (Å²) in [5, 5.41) is 10.6. The third-order valence-corrected chi connectivity index (χ3v) is 7.04. The maximum Gasteiger partial charge on any atom is 0.319 e. The third-order valence-electron chi connectivity index (χ3n) is 7.04. The molecule has 31 heavy (non-hydrogen) atoms. The highest BCUT2D eigenvalue weighted by Gasteiger charge is 2.71. The Morgan fingerprint density at radius 2 is 1.39 bits per heavy atom. The molecule has 0 saturated carbocycles. The average Bonchev–Trinajstić information content (AvgIpc) is 3.05. The van der Waals surface area contributed by atoms with Gasteiger partial charge in [0.1, 0.15) is 11.2 Å². The number of hydrogen-bond donors (Lipinski definition) is 1. The van der Waals surface area contributed by atoms with E-state index in [0.717, 1.165) is 16.0 Å². The number of rotatable bonds is 2. The van der Waals surface area contributed by atoms with Gasteiger partial charge < -0.3 is 5.11 Å². The molecule has 1 aliphatic heterocycles. The van der Waals surface area contributed by atoms with E-state index < -0.39 is 46.8 Å². The second-order valence-corrected chi connectivity index (χ2v) is 8.26. The summed E-state index contributed by atoms with van der Waals surface area (Å²) in [5.74, 6) is -4.96. The molecule has 3 aromatic carbocycles. The molecule has 7 rings (SSSR count). The van der Waals surface area contributed by atoms with Crippen LogP contribution in [0.3, 0.4) is 0 Å². The van der Waals surface area contributed by atoms with Crippen LogP contribution in [0, 0.1) is 17.7 Å². The Kier molecular flexibility index (Phi) is 3.41. The van der Waals surface area contributed by atoms with Crippen molar-refractivity contribution >= 4 is 23.5 Å². The number of aliphatic carboxylic acids is 1. The van der Waals surface area contributed by atoms with Crippen LogP contribution in [-0.4, -0.2) is 22.9 Å². The van der Waals surface area contributed by atoms with Gasteiger partial charge in [0.15, 0.2) is 0 Å². The fourth-order valence-corrected chi connectivity index (χ4v) is 5.98. The highest BCUT2D eigenvalue weighted by Crippen LogP contribution is 2.64. The van der Waals surface area contributed by atoms with Gasteiger partial charge in [-0.2, -0.15) is 0 Å². The standard InChI is InChI=1S/C25H16FNO4/c26-13-9-11-14(12-10-13)27-22(28)20-19-15-5-1-3-7-17(15)25(24(30)31,21(20)23(27)29)18-8-4-2-6-16(18)19/h1-12,19-21H,(H,30,31)/t19?,20-,21-,25?/m0/s1. The van der Waals surface area contributed by atoms with E-state index in [1.807, 2.05) is 24.3 Å². The van der Waals surface area contributed by atoms with Gasteiger partial charge in [0, 0.05) is 5.92 Å². The minimum absolute atomic E-state index is 0.249. The number of carboxylic acids is 1. The average molecular weight is 413 g/mol. The van der Waals surface area contributed by atoms with Crippen LogP contribution in [0.5, 0.6) is 0 Å². The lowest BCUT2D eigenvalue weighted by Gasteiger charge is -2.51. The van der Waals surface area contributed by atoms with Gasteiger partial charge in [-0.1, -0.05) is 48.5 Å². The lowest BCUT2D eigenvalue weighted by molar-refractivity contribution is -0.149. The predicted molar refractivity (Wildman–Crippen MR) is 109 cm³/mol. The molecule has 1 saturated heterocycles. The maximum absolute atomic E-state index is 13.7. The number of halogens is 1. The normalized spacial score (nSPS) is 27.6. The number of hydrogen-bond acceptors (Lipinski definition) is 3. The van der Waals surface area contributed by atoms with Crippen molar-refractivity contribution < 1.29 is 23.9 Å². The Morgan fingerprint density at radius 1 is 0.839 bits per heavy atom. The monoisotopic (exact) mass is 413 g/mol. The second-order valence-electron chi connectivity index (χ2n) is 8.26. The second kappa shape index (κ2) is 5.88. The van der Waals surface area contributed by atoms with E-state index in [2.05, 4.69) is 0 Å². The van der Waals surface area contributed by atoms with Crippen LogP contribution >= 0.6 is 0 Å². The molecule has 2 atom stereocenters. The van der Waals surface area contributed by atoms with Crippen molar-refractivity contribution in [3.63, 3.8) is 0 Å². The Bertz CT molecular complexity index is 1250. The van der Waals surface area contributed by atoms with E-state index in [-0.39, 0.29) is 5.69 Å². The number of amides is 2. The van der Waals surface area contributed by atoms with Crippen LogP contribution < -0.4 is 4.90 Å². The molecular weight excluding hydrogens is 397 g/mol. The molecular formula is C25H16FNO4. The molecule has 0 aromatic heterocycles. The van der Waals surface area contributed by atoms with Crippen LogP contribution in [0.4, 0.5) is 10.1 Å². The van der Waals surface area contributed by atoms with Gasteiger partial charge >= 0.3 is 5.97 Å². The smallest absolute Gasteiger partial charge is 0.319 e. The van der Waals surface area contributed by atoms with Crippen molar-refractivity contribution in [1.82, 2.24) is 0 Å². The van der Waals surface area contributed by atoms with Crippen LogP contribution in [0.25, 0.3) is 0 Å². The minimum Gasteiger partial charge on any atom is -0.480 e. The fraction of sp³-hybridized carbons (Fsp3) is 0.160. The number of carbonyl (C=O) groups excluding carboxylic acids is 2. The third kappa shape index (κ3) is 1.97. The number of imide groups is 1. The number of anilines is 1. The van der Waals surface area contributed by atoms with Gasteiger partial charge in [0.2, 0.25) is 11.8 Å². The van der Waals surface area contributed by atoms with Gasteiger partial charge in [-0.15, -0.1) is 0 Å². The molecule has 1 heterocycles. The molecule has 2 bridgehead atoms. The van der Waals surface area contributed by atoms with Gasteiger partial charge in [-0.3, -0.25) is 14.4 Å². The van der Waals surface area contributed by atoms with Gasteiger partial charge in [0.05, 0.1) is 17.5 Å². The highest BCUT2D eigenvalue weighted by molar-refractivity contribution is 6.25. The molecule has 4 aliphatic rings. The number of nitrogens with zero attached hydrogens (tertiary/aromatic N) is 1. The Balaban J connectivity index is 1.67. The molecule has 0 spiro atoms. The van der Waals surface area contributed by atoms with Gasteiger partial charge in [0.25, 0.3) is 0 Å². The first-order chi connectivity index (χ1) is 15.0. The van der Waals surface area contributed by atoms with E-state index in [9.17, 15) is 23.9 Å². The summed E-state index contributed by atoms with van der Waals surface area (Å²) >= 11 is 0. The van der Waals surface area contributed by atoms with Gasteiger partial charge in [-0.25, -0.2) is 9.29 Å². The molecule has 3 aliphatic carbocycles. The first kappa shape index (κ1) is 18.0. The SMILES string of the molecule is O=C1[C@@H]2[C@@H](C(=O)N1c1ccc(F)cc1)C1c3ccccc3C2(C(=O)O)c2ccccc21. The number of carboxylic acid groups (broad SMARTS) is 1. The number of benzene rings is 3. The largest absolute Gasteiger partial charge is 0.480 e. The molecule has 3 aromatic rings. The lowest BCUT2D eigenvalue weighted by atomic mass is 9.47. The van der Waals surface area contributed by atoms with Crippen molar-refractivity contribution in [2.45, 2.75) is 11.3 Å². The molecule has 1 fully saturated rings. The van der Waals surface area contributed by atoms with Gasteiger partial charge in [-0.05, 0) is 46.5 Å². The maximum atomic E-state index is 13.7. The van der Waals surface area contributed by atoms with Crippen molar-refractivity contribution in [3.8, 4) is 0 Å². The molecule has 0 radical (unpaired) electrons. The zero-order valence-electron chi connectivity index (χ0n) is 16.2. The minimum atomic E-state index is -1.66. The van der Waals surface area contributed by atoms with Crippen LogP contribution in [0.1, 0.15) is 28.2 Å². The van der Waals surface area contributed by atoms with Crippen molar-refractivity contribution in [1.29, 1.82) is 0 Å². The quantitative estimate of drug-likeness (QED) is 0.653. The summed E-state index contributed by atoms with van der Waals surface area (Å²) < 4.78 is 13.5. The first-order valence-electron chi connectivity index (χ1n) is 10.0. The fourth-order valence-electron chi connectivity index (χ4n) is 5.98. The van der Waals surface area contributed by atoms with E-state index in [1.54, 1.807) is 24.3 Å².